The highest BCUT2D eigenvalue weighted by Crippen LogP contribution is 2.28. The predicted molar refractivity (Wildman–Crippen MR) is 103 cm³/mol. The van der Waals surface area contributed by atoms with E-state index in [1.54, 1.807) is 16.2 Å². The number of nitrogens with zero attached hydrogens (tertiary/aromatic N) is 2. The molecule has 1 N–H and O–H groups in total. The van der Waals surface area contributed by atoms with Crippen molar-refractivity contribution < 1.29 is 4.79 Å². The van der Waals surface area contributed by atoms with E-state index in [0.717, 1.165) is 41.1 Å². The van der Waals surface area contributed by atoms with E-state index in [0.29, 0.717) is 19.1 Å². The fourth-order valence-electron chi connectivity index (χ4n) is 3.02. The van der Waals surface area contributed by atoms with E-state index in [4.69, 9.17) is 11.6 Å². The van der Waals surface area contributed by atoms with Gasteiger partial charge in [-0.3, -0.25) is 9.69 Å². The minimum absolute atomic E-state index is 0. The molecule has 4 nitrogen and oxygen atoms in total. The predicted octanol–water partition coefficient (Wildman–Crippen LogP) is 3.25. The molecule has 0 radical (unpaired) electrons. The lowest BCUT2D eigenvalue weighted by molar-refractivity contribution is -0.131. The van der Waals surface area contributed by atoms with Crippen LogP contribution in [0, 0.1) is 5.92 Å². The number of amides is 1. The number of nitrogens with one attached hydrogen (secondary N) is 1. The summed E-state index contributed by atoms with van der Waals surface area (Å²) in [4.78, 5) is 17.6. The van der Waals surface area contributed by atoms with Crippen molar-refractivity contribution in [3.63, 3.8) is 0 Å². The van der Waals surface area contributed by atoms with Crippen molar-refractivity contribution in [2.45, 2.75) is 38.3 Å². The zero-order valence-electron chi connectivity index (χ0n) is 14.2. The molecule has 1 aliphatic carbocycles. The van der Waals surface area contributed by atoms with Crippen LogP contribution < -0.4 is 5.32 Å². The smallest absolute Gasteiger partial charge is 0.236 e. The van der Waals surface area contributed by atoms with Gasteiger partial charge in [-0.15, -0.1) is 23.7 Å². The number of carbonyl (C=O) groups excluding carboxylic acids is 1. The van der Waals surface area contributed by atoms with Crippen LogP contribution in [0.4, 0.5) is 0 Å². The maximum absolute atomic E-state index is 12.4. The maximum atomic E-state index is 12.4. The van der Waals surface area contributed by atoms with E-state index in [2.05, 4.69) is 10.2 Å². The van der Waals surface area contributed by atoms with Crippen LogP contribution >= 0.6 is 35.3 Å². The molecule has 2 aliphatic rings. The Morgan fingerprint density at radius 2 is 2.04 bits per heavy atom. The lowest BCUT2D eigenvalue weighted by Crippen LogP contribution is -2.46. The molecule has 7 heteroatoms. The molecule has 1 aromatic rings. The van der Waals surface area contributed by atoms with Crippen molar-refractivity contribution in [1.82, 2.24) is 15.1 Å². The summed E-state index contributed by atoms with van der Waals surface area (Å²) in [5.74, 6) is 1.13. The van der Waals surface area contributed by atoms with Crippen LogP contribution in [-0.4, -0.2) is 55.0 Å². The summed E-state index contributed by atoms with van der Waals surface area (Å²) < 4.78 is 0.779. The number of carbonyl (C=O) groups is 1. The summed E-state index contributed by atoms with van der Waals surface area (Å²) in [6, 6.07) is 4.53. The highest BCUT2D eigenvalue weighted by atomic mass is 35.5. The normalized spacial score (nSPS) is 19.1. The van der Waals surface area contributed by atoms with E-state index in [9.17, 15) is 4.79 Å². The molecule has 0 bridgehead atoms. The van der Waals surface area contributed by atoms with E-state index in [-0.39, 0.29) is 18.3 Å². The average Bonchev–Trinajstić information content (AvgIpc) is 3.28. The molecule has 136 valence electrons. The third-order valence-corrected chi connectivity index (χ3v) is 6.00. The zero-order chi connectivity index (χ0) is 16.2. The first kappa shape index (κ1) is 20.0. The summed E-state index contributed by atoms with van der Waals surface area (Å²) in [6.45, 7) is 4.41. The highest BCUT2D eigenvalue weighted by molar-refractivity contribution is 7.16. The van der Waals surface area contributed by atoms with E-state index < -0.39 is 0 Å². The Labute approximate surface area is 159 Å². The van der Waals surface area contributed by atoms with Crippen LogP contribution in [-0.2, 0) is 11.3 Å². The lowest BCUT2D eigenvalue weighted by atomic mass is 10.0. The Hall–Kier alpha value is -0.330. The van der Waals surface area contributed by atoms with Crippen molar-refractivity contribution in [1.29, 1.82) is 0 Å². The molecule has 1 aromatic heterocycles. The Balaban J connectivity index is 0.00000208. The van der Waals surface area contributed by atoms with Gasteiger partial charge in [0.1, 0.15) is 0 Å². The summed E-state index contributed by atoms with van der Waals surface area (Å²) in [6.07, 6.45) is 5.12. The SMILES string of the molecule is CN(Cc1ccc(Cl)s1)C(=O)CN1CCC(NCC2CC2)CC1.Cl. The Bertz CT molecular complexity index is 528. The third kappa shape index (κ3) is 6.19. The van der Waals surface area contributed by atoms with E-state index in [1.807, 2.05) is 19.2 Å². The van der Waals surface area contributed by atoms with Gasteiger partial charge in [0.05, 0.1) is 17.4 Å². The van der Waals surface area contributed by atoms with Gasteiger partial charge in [-0.1, -0.05) is 11.6 Å². The molecule has 0 unspecified atom stereocenters. The van der Waals surface area contributed by atoms with Gasteiger partial charge in [0.2, 0.25) is 5.91 Å². The monoisotopic (exact) mass is 391 g/mol. The summed E-state index contributed by atoms with van der Waals surface area (Å²) in [7, 11) is 1.87. The van der Waals surface area contributed by atoms with Crippen molar-refractivity contribution in [3.8, 4) is 0 Å². The highest BCUT2D eigenvalue weighted by Gasteiger charge is 2.25. The second kappa shape index (κ2) is 9.39. The van der Waals surface area contributed by atoms with Gasteiger partial charge < -0.3 is 10.2 Å². The fraction of sp³-hybridized carbons (Fsp3) is 0.706. The molecule has 1 saturated heterocycles. The number of rotatable bonds is 7. The largest absolute Gasteiger partial charge is 0.340 e. The van der Waals surface area contributed by atoms with Crippen molar-refractivity contribution in [2.75, 3.05) is 33.2 Å². The number of thiophene rings is 1. The Morgan fingerprint density at radius 1 is 1.33 bits per heavy atom. The Morgan fingerprint density at radius 3 is 2.62 bits per heavy atom. The number of halogens is 2. The summed E-state index contributed by atoms with van der Waals surface area (Å²) in [5.41, 5.74) is 0. The molecule has 2 fully saturated rings. The van der Waals surface area contributed by atoms with Crippen LogP contribution in [0.1, 0.15) is 30.6 Å². The number of hydrogen-bond donors (Lipinski definition) is 1. The minimum atomic E-state index is 0. The van der Waals surface area contributed by atoms with Gasteiger partial charge in [-0.05, 0) is 50.3 Å². The average molecular weight is 392 g/mol. The topological polar surface area (TPSA) is 35.6 Å². The summed E-state index contributed by atoms with van der Waals surface area (Å²) >= 11 is 7.48. The van der Waals surface area contributed by atoms with Crippen LogP contribution in [0.3, 0.4) is 0 Å². The van der Waals surface area contributed by atoms with Gasteiger partial charge >= 0.3 is 0 Å². The van der Waals surface area contributed by atoms with Gasteiger partial charge in [0.15, 0.2) is 0 Å². The van der Waals surface area contributed by atoms with Crippen LogP contribution in [0.15, 0.2) is 12.1 Å². The van der Waals surface area contributed by atoms with Gasteiger partial charge in [0.25, 0.3) is 0 Å². The van der Waals surface area contributed by atoms with Crippen LogP contribution in [0.5, 0.6) is 0 Å². The van der Waals surface area contributed by atoms with Gasteiger partial charge in [0, 0.05) is 31.1 Å². The quantitative estimate of drug-likeness (QED) is 0.774. The molecule has 1 saturated carbocycles. The number of hydrogen-bond acceptors (Lipinski definition) is 4. The van der Waals surface area contributed by atoms with Gasteiger partial charge in [-0.25, -0.2) is 0 Å². The molecule has 24 heavy (non-hydrogen) atoms. The van der Waals surface area contributed by atoms with Gasteiger partial charge in [-0.2, -0.15) is 0 Å². The molecule has 0 atom stereocenters. The van der Waals surface area contributed by atoms with Crippen molar-refractivity contribution in [3.05, 3.63) is 21.3 Å². The second-order valence-electron chi connectivity index (χ2n) is 6.86. The molecule has 2 heterocycles. The molecule has 3 rings (SSSR count). The lowest BCUT2D eigenvalue weighted by Gasteiger charge is -2.33. The molecule has 1 amide bonds. The fourth-order valence-corrected chi connectivity index (χ4v) is 4.16. The molecular weight excluding hydrogens is 365 g/mol. The molecule has 1 aliphatic heterocycles. The molecule has 0 spiro atoms. The van der Waals surface area contributed by atoms with Crippen molar-refractivity contribution in [2.24, 2.45) is 5.92 Å². The first-order valence-electron chi connectivity index (χ1n) is 8.54. The van der Waals surface area contributed by atoms with E-state index >= 15 is 0 Å². The first-order valence-corrected chi connectivity index (χ1v) is 9.73. The van der Waals surface area contributed by atoms with Crippen LogP contribution in [0.25, 0.3) is 0 Å². The minimum Gasteiger partial charge on any atom is -0.340 e. The van der Waals surface area contributed by atoms with Crippen LogP contribution in [0.2, 0.25) is 4.34 Å². The number of likely N-dealkylation sites (tertiary alicyclic amines) is 1. The standard InChI is InChI=1S/C17H26ClN3OS.ClH/c1-20(11-15-4-5-16(18)23-15)17(22)12-21-8-6-14(7-9-21)19-10-13-2-3-13;/h4-5,13-14,19H,2-3,6-12H2,1H3;1H. The molecule has 0 aromatic carbocycles. The Kier molecular flexibility index (Phi) is 7.82. The summed E-state index contributed by atoms with van der Waals surface area (Å²) in [5, 5.41) is 3.68. The third-order valence-electron chi connectivity index (χ3n) is 4.79. The molecular formula is C17H27Cl2N3OS. The maximum Gasteiger partial charge on any atom is 0.236 e. The first-order chi connectivity index (χ1) is 11.1. The van der Waals surface area contributed by atoms with Crippen molar-refractivity contribution >= 4 is 41.3 Å². The zero-order valence-corrected chi connectivity index (χ0v) is 16.6. The number of likely N-dealkylation sites (N-methyl/N-ethyl adjacent to an activating group) is 1. The van der Waals surface area contributed by atoms with E-state index in [1.165, 1.54) is 19.4 Å². The second-order valence-corrected chi connectivity index (χ2v) is 8.66. The number of piperidine rings is 1.